The number of aliphatic hydroxyl groups is 2. The van der Waals surface area contributed by atoms with Crippen molar-refractivity contribution in [2.45, 2.75) is 18.9 Å². The van der Waals surface area contributed by atoms with Gasteiger partial charge in [0.1, 0.15) is 5.75 Å². The molecule has 1 rings (SSSR count). The molecule has 18 heavy (non-hydrogen) atoms. The Hall–Kier alpha value is -1.65. The molecule has 0 spiro atoms. The van der Waals surface area contributed by atoms with Crippen molar-refractivity contribution >= 4 is 5.78 Å². The van der Waals surface area contributed by atoms with E-state index in [0.29, 0.717) is 17.7 Å². The van der Waals surface area contributed by atoms with Crippen molar-refractivity contribution in [1.82, 2.24) is 0 Å². The van der Waals surface area contributed by atoms with Gasteiger partial charge in [-0.15, -0.1) is 0 Å². The number of ether oxygens (including phenoxy) is 1. The molecule has 0 radical (unpaired) electrons. The lowest BCUT2D eigenvalue weighted by Crippen LogP contribution is -2.04. The summed E-state index contributed by atoms with van der Waals surface area (Å²) in [7, 11) is 1.57. The maximum atomic E-state index is 11.5. The van der Waals surface area contributed by atoms with E-state index in [9.17, 15) is 9.90 Å². The highest BCUT2D eigenvalue weighted by Gasteiger charge is 2.11. The van der Waals surface area contributed by atoms with Crippen LogP contribution >= 0.6 is 0 Å². The summed E-state index contributed by atoms with van der Waals surface area (Å²) in [5.74, 6) is 0.548. The third-order valence-corrected chi connectivity index (χ3v) is 2.49. The van der Waals surface area contributed by atoms with Gasteiger partial charge < -0.3 is 14.9 Å². The summed E-state index contributed by atoms with van der Waals surface area (Å²) in [5, 5.41) is 18.4. The number of ketones is 1. The third kappa shape index (κ3) is 4.69. The van der Waals surface area contributed by atoms with E-state index in [0.717, 1.165) is 0 Å². The van der Waals surface area contributed by atoms with Crippen LogP contribution in [0.3, 0.4) is 0 Å². The zero-order chi connectivity index (χ0) is 13.4. The van der Waals surface area contributed by atoms with Gasteiger partial charge in [-0.25, -0.2) is 0 Å². The first-order valence-electron chi connectivity index (χ1n) is 5.79. The second-order valence-corrected chi connectivity index (χ2v) is 3.87. The number of hydrogen-bond acceptors (Lipinski definition) is 4. The quantitative estimate of drug-likeness (QED) is 0.722. The average molecular weight is 250 g/mol. The van der Waals surface area contributed by atoms with Crippen LogP contribution in [0.4, 0.5) is 0 Å². The van der Waals surface area contributed by atoms with Crippen molar-refractivity contribution in [2.24, 2.45) is 0 Å². The van der Waals surface area contributed by atoms with Gasteiger partial charge in [-0.2, -0.15) is 0 Å². The molecule has 1 atom stereocenters. The zero-order valence-electron chi connectivity index (χ0n) is 10.4. The van der Waals surface area contributed by atoms with Crippen LogP contribution in [0.1, 0.15) is 24.5 Å². The molecule has 0 saturated heterocycles. The van der Waals surface area contributed by atoms with E-state index in [1.165, 1.54) is 6.08 Å². The van der Waals surface area contributed by atoms with Gasteiger partial charge in [-0.1, -0.05) is 18.2 Å². The first-order valence-corrected chi connectivity index (χ1v) is 5.79. The lowest BCUT2D eigenvalue weighted by Gasteiger charge is -2.09. The minimum Gasteiger partial charge on any atom is -0.497 e. The van der Waals surface area contributed by atoms with Gasteiger partial charge in [0, 0.05) is 13.0 Å². The van der Waals surface area contributed by atoms with Crippen LogP contribution in [-0.2, 0) is 4.79 Å². The van der Waals surface area contributed by atoms with Crippen molar-refractivity contribution < 1.29 is 19.7 Å². The molecule has 1 unspecified atom stereocenters. The molecule has 0 aliphatic rings. The monoisotopic (exact) mass is 250 g/mol. The van der Waals surface area contributed by atoms with Gasteiger partial charge in [-0.3, -0.25) is 4.79 Å². The van der Waals surface area contributed by atoms with Gasteiger partial charge in [0.2, 0.25) is 0 Å². The molecule has 0 aliphatic heterocycles. The van der Waals surface area contributed by atoms with E-state index < -0.39 is 6.10 Å². The number of rotatable bonds is 7. The Kier molecular flexibility index (Phi) is 6.11. The van der Waals surface area contributed by atoms with Gasteiger partial charge in [-0.05, 0) is 30.2 Å². The van der Waals surface area contributed by atoms with Crippen molar-refractivity contribution in [3.05, 3.63) is 42.0 Å². The SMILES string of the molecule is COc1ccc(C(O)CC(=O)/C=C/CCO)cc1. The number of methoxy groups -OCH3 is 1. The van der Waals surface area contributed by atoms with Crippen molar-refractivity contribution in [3.8, 4) is 5.75 Å². The van der Waals surface area contributed by atoms with E-state index in [2.05, 4.69) is 0 Å². The van der Waals surface area contributed by atoms with Crippen LogP contribution < -0.4 is 4.74 Å². The first-order chi connectivity index (χ1) is 8.67. The van der Waals surface area contributed by atoms with Crippen LogP contribution in [0.5, 0.6) is 5.75 Å². The second kappa shape index (κ2) is 7.63. The van der Waals surface area contributed by atoms with Crippen molar-refractivity contribution in [2.75, 3.05) is 13.7 Å². The molecule has 4 heteroatoms. The minimum absolute atomic E-state index is 0.0187. The van der Waals surface area contributed by atoms with Crippen LogP contribution in [0.2, 0.25) is 0 Å². The summed E-state index contributed by atoms with van der Waals surface area (Å²) in [5.41, 5.74) is 0.680. The smallest absolute Gasteiger partial charge is 0.158 e. The molecule has 0 fully saturated rings. The Morgan fingerprint density at radius 1 is 1.39 bits per heavy atom. The Labute approximate surface area is 107 Å². The third-order valence-electron chi connectivity index (χ3n) is 2.49. The summed E-state index contributed by atoms with van der Waals surface area (Å²) in [6.45, 7) is 0.0187. The van der Waals surface area contributed by atoms with Crippen molar-refractivity contribution in [3.63, 3.8) is 0 Å². The molecule has 2 N–H and O–H groups in total. The van der Waals surface area contributed by atoms with Crippen LogP contribution in [0.15, 0.2) is 36.4 Å². The Morgan fingerprint density at radius 2 is 2.06 bits per heavy atom. The molecule has 1 aromatic carbocycles. The summed E-state index contributed by atoms with van der Waals surface area (Å²) in [6, 6.07) is 6.94. The fourth-order valence-corrected chi connectivity index (χ4v) is 1.49. The van der Waals surface area contributed by atoms with Crippen LogP contribution in [-0.4, -0.2) is 29.7 Å². The number of benzene rings is 1. The predicted molar refractivity (Wildman–Crippen MR) is 68.4 cm³/mol. The maximum absolute atomic E-state index is 11.5. The van der Waals surface area contributed by atoms with E-state index >= 15 is 0 Å². The Morgan fingerprint density at radius 3 is 2.61 bits per heavy atom. The van der Waals surface area contributed by atoms with E-state index in [-0.39, 0.29) is 18.8 Å². The average Bonchev–Trinajstić information content (AvgIpc) is 2.39. The number of carbonyl (C=O) groups is 1. The summed E-state index contributed by atoms with van der Waals surface area (Å²) in [6.07, 6.45) is 2.66. The normalized spacial score (nSPS) is 12.6. The standard InChI is InChI=1S/C14H18O4/c1-18-13-7-5-11(6-8-13)14(17)10-12(16)4-2-3-9-15/h2,4-8,14-15,17H,3,9-10H2,1H3/b4-2+. The van der Waals surface area contributed by atoms with Gasteiger partial charge in [0.15, 0.2) is 5.78 Å². The highest BCUT2D eigenvalue weighted by molar-refractivity contribution is 5.90. The molecular weight excluding hydrogens is 232 g/mol. The predicted octanol–water partition coefficient (Wildman–Crippen LogP) is 1.63. The van der Waals surface area contributed by atoms with E-state index in [1.807, 2.05) is 0 Å². The van der Waals surface area contributed by atoms with Crippen molar-refractivity contribution in [1.29, 1.82) is 0 Å². The molecule has 0 amide bonds. The molecule has 1 aromatic rings. The highest BCUT2D eigenvalue weighted by atomic mass is 16.5. The van der Waals surface area contributed by atoms with Gasteiger partial charge in [0.05, 0.1) is 13.2 Å². The summed E-state index contributed by atoms with van der Waals surface area (Å²) in [4.78, 5) is 11.5. The number of aliphatic hydroxyl groups excluding tert-OH is 2. The second-order valence-electron chi connectivity index (χ2n) is 3.87. The lowest BCUT2D eigenvalue weighted by molar-refractivity contribution is -0.116. The van der Waals surface area contributed by atoms with E-state index in [1.54, 1.807) is 37.5 Å². The fraction of sp³-hybridized carbons (Fsp3) is 0.357. The number of carbonyl (C=O) groups excluding carboxylic acids is 1. The summed E-state index contributed by atoms with van der Waals surface area (Å²) < 4.78 is 5.01. The minimum atomic E-state index is -0.817. The zero-order valence-corrected chi connectivity index (χ0v) is 10.4. The number of allylic oxidation sites excluding steroid dienone is 1. The molecule has 98 valence electrons. The number of hydrogen-bond donors (Lipinski definition) is 2. The van der Waals surface area contributed by atoms with E-state index in [4.69, 9.17) is 9.84 Å². The topological polar surface area (TPSA) is 66.8 Å². The molecule has 4 nitrogen and oxygen atoms in total. The first kappa shape index (κ1) is 14.4. The van der Waals surface area contributed by atoms with Crippen LogP contribution in [0.25, 0.3) is 0 Å². The van der Waals surface area contributed by atoms with Gasteiger partial charge in [0.25, 0.3) is 0 Å². The Bertz CT molecular complexity index is 395. The molecule has 0 bridgehead atoms. The fourth-order valence-electron chi connectivity index (χ4n) is 1.49. The lowest BCUT2D eigenvalue weighted by atomic mass is 10.0. The molecule has 0 heterocycles. The molecule has 0 aliphatic carbocycles. The largest absolute Gasteiger partial charge is 0.497 e. The molecular formula is C14H18O4. The molecule has 0 aromatic heterocycles. The highest BCUT2D eigenvalue weighted by Crippen LogP contribution is 2.20. The van der Waals surface area contributed by atoms with Gasteiger partial charge >= 0.3 is 0 Å². The Balaban J connectivity index is 2.53. The molecule has 0 saturated carbocycles. The summed E-state index contributed by atoms with van der Waals surface area (Å²) >= 11 is 0. The maximum Gasteiger partial charge on any atom is 0.158 e. The van der Waals surface area contributed by atoms with Crippen LogP contribution in [0, 0.1) is 0 Å².